The first kappa shape index (κ1) is 22.3. The summed E-state index contributed by atoms with van der Waals surface area (Å²) in [4.78, 5) is 28.1. The minimum Gasteiger partial charge on any atom is -0.490 e. The lowest BCUT2D eigenvalue weighted by Gasteiger charge is -2.33. The first-order valence-corrected chi connectivity index (χ1v) is 9.78. The summed E-state index contributed by atoms with van der Waals surface area (Å²) in [6, 6.07) is 6.04. The third kappa shape index (κ3) is 5.80. The van der Waals surface area contributed by atoms with E-state index < -0.39 is 6.61 Å². The molecule has 0 unspecified atom stereocenters. The van der Waals surface area contributed by atoms with Crippen LogP contribution in [0, 0.1) is 6.92 Å². The van der Waals surface area contributed by atoms with Gasteiger partial charge in [0.15, 0.2) is 11.5 Å². The molecule has 166 valence electrons. The summed E-state index contributed by atoms with van der Waals surface area (Å²) in [5, 5.41) is 3.72. The molecule has 31 heavy (non-hydrogen) atoms. The summed E-state index contributed by atoms with van der Waals surface area (Å²) in [6.07, 6.45) is 2.97. The molecule has 1 aliphatic rings. The number of benzene rings is 1. The Bertz CT molecular complexity index is 952. The van der Waals surface area contributed by atoms with E-state index in [4.69, 9.17) is 9.26 Å². The van der Waals surface area contributed by atoms with E-state index in [1.807, 2.05) is 0 Å². The summed E-state index contributed by atoms with van der Waals surface area (Å²) in [5.41, 5.74) is 1.23. The van der Waals surface area contributed by atoms with Gasteiger partial charge in [0.25, 0.3) is 5.91 Å². The molecule has 2 aromatic rings. The fraction of sp³-hybridized carbons (Fsp3) is 0.381. The van der Waals surface area contributed by atoms with E-state index >= 15 is 0 Å². The van der Waals surface area contributed by atoms with Crippen LogP contribution in [-0.4, -0.2) is 66.2 Å². The highest BCUT2D eigenvalue weighted by atomic mass is 19.3. The van der Waals surface area contributed by atoms with Crippen LogP contribution in [0.15, 0.2) is 34.9 Å². The summed E-state index contributed by atoms with van der Waals surface area (Å²) < 4.78 is 39.8. The van der Waals surface area contributed by atoms with Gasteiger partial charge in [-0.15, -0.1) is 0 Å². The molecule has 2 heterocycles. The van der Waals surface area contributed by atoms with Crippen LogP contribution in [-0.2, 0) is 4.79 Å². The van der Waals surface area contributed by atoms with Crippen LogP contribution in [0.2, 0.25) is 0 Å². The first-order valence-electron chi connectivity index (χ1n) is 9.78. The van der Waals surface area contributed by atoms with Crippen molar-refractivity contribution in [2.24, 2.45) is 0 Å². The van der Waals surface area contributed by atoms with Crippen LogP contribution in [0.5, 0.6) is 11.5 Å². The number of ether oxygens (including phenoxy) is 2. The number of hydrogen-bond acceptors (Lipinski definition) is 6. The average Bonchev–Trinajstić information content (AvgIpc) is 3.19. The normalized spacial score (nSPS) is 14.4. The second kappa shape index (κ2) is 10.1. The molecule has 1 aromatic heterocycles. The molecule has 0 aliphatic carbocycles. The summed E-state index contributed by atoms with van der Waals surface area (Å²) in [5.74, 6) is -0.178. The van der Waals surface area contributed by atoms with Gasteiger partial charge in [0.05, 0.1) is 12.3 Å². The molecular weight excluding hydrogens is 412 g/mol. The molecule has 0 atom stereocenters. The molecule has 1 aromatic carbocycles. The number of aromatic nitrogens is 1. The predicted molar refractivity (Wildman–Crippen MR) is 107 cm³/mol. The van der Waals surface area contributed by atoms with Gasteiger partial charge in [-0.05, 0) is 37.6 Å². The van der Waals surface area contributed by atoms with Gasteiger partial charge < -0.3 is 23.8 Å². The minimum absolute atomic E-state index is 0.0666. The number of amides is 2. The summed E-state index contributed by atoms with van der Waals surface area (Å²) >= 11 is 0. The van der Waals surface area contributed by atoms with Gasteiger partial charge in [-0.2, -0.15) is 8.78 Å². The van der Waals surface area contributed by atoms with E-state index in [1.165, 1.54) is 18.2 Å². The number of alkyl halides is 2. The van der Waals surface area contributed by atoms with Crippen molar-refractivity contribution in [2.45, 2.75) is 20.5 Å². The van der Waals surface area contributed by atoms with Gasteiger partial charge in [0.2, 0.25) is 11.7 Å². The zero-order chi connectivity index (χ0) is 22.4. The smallest absolute Gasteiger partial charge is 0.387 e. The number of nitrogens with zero attached hydrogens (tertiary/aromatic N) is 3. The summed E-state index contributed by atoms with van der Waals surface area (Å²) in [6.45, 7) is 2.31. The van der Waals surface area contributed by atoms with Gasteiger partial charge >= 0.3 is 6.61 Å². The van der Waals surface area contributed by atoms with Crippen LogP contribution in [0.1, 0.15) is 28.7 Å². The lowest BCUT2D eigenvalue weighted by atomic mass is 10.1. The number of halogens is 2. The van der Waals surface area contributed by atoms with E-state index in [0.717, 1.165) is 0 Å². The van der Waals surface area contributed by atoms with Crippen molar-refractivity contribution in [2.75, 3.05) is 32.8 Å². The Balaban J connectivity index is 1.58. The van der Waals surface area contributed by atoms with Crippen LogP contribution < -0.4 is 9.47 Å². The molecule has 1 fully saturated rings. The van der Waals surface area contributed by atoms with Gasteiger partial charge in [-0.3, -0.25) is 9.59 Å². The number of hydrogen-bond donors (Lipinski definition) is 0. The van der Waals surface area contributed by atoms with Crippen LogP contribution >= 0.6 is 0 Å². The monoisotopic (exact) mass is 435 g/mol. The fourth-order valence-corrected chi connectivity index (χ4v) is 3.11. The summed E-state index contributed by atoms with van der Waals surface area (Å²) in [7, 11) is 0. The molecule has 0 saturated carbocycles. The Morgan fingerprint density at radius 1 is 1.16 bits per heavy atom. The highest BCUT2D eigenvalue weighted by Gasteiger charge is 2.26. The standard InChI is InChI=1S/C21H23F2N3O5/c1-3-29-17-13-15(4-6-16(17)30-21(22)23)5-7-19(27)25-8-10-26(11-9-25)20(28)18-12-14(2)24-31-18/h4-7,12-13,21H,3,8-11H2,1-2H3/b7-5+. The number of piperazine rings is 1. The molecule has 1 saturated heterocycles. The van der Waals surface area contributed by atoms with Gasteiger partial charge in [0.1, 0.15) is 0 Å². The maximum atomic E-state index is 12.5. The molecular formula is C21H23F2N3O5. The maximum Gasteiger partial charge on any atom is 0.387 e. The van der Waals surface area contributed by atoms with Crippen molar-refractivity contribution < 1.29 is 32.4 Å². The van der Waals surface area contributed by atoms with Crippen LogP contribution in [0.4, 0.5) is 8.78 Å². The van der Waals surface area contributed by atoms with Crippen molar-refractivity contribution in [3.8, 4) is 11.5 Å². The molecule has 0 radical (unpaired) electrons. The van der Waals surface area contributed by atoms with Gasteiger partial charge in [-0.1, -0.05) is 11.2 Å². The van der Waals surface area contributed by atoms with Crippen molar-refractivity contribution in [3.63, 3.8) is 0 Å². The predicted octanol–water partition coefficient (Wildman–Crippen LogP) is 2.98. The molecule has 10 heteroatoms. The van der Waals surface area contributed by atoms with E-state index in [2.05, 4.69) is 9.89 Å². The molecule has 0 bridgehead atoms. The molecule has 0 N–H and O–H groups in total. The lowest BCUT2D eigenvalue weighted by Crippen LogP contribution is -2.50. The van der Waals surface area contributed by atoms with Crippen molar-refractivity contribution >= 4 is 17.9 Å². The zero-order valence-electron chi connectivity index (χ0n) is 17.2. The average molecular weight is 435 g/mol. The Morgan fingerprint density at radius 2 is 1.87 bits per heavy atom. The zero-order valence-corrected chi connectivity index (χ0v) is 17.2. The van der Waals surface area contributed by atoms with Crippen molar-refractivity contribution in [1.82, 2.24) is 15.0 Å². The fourth-order valence-electron chi connectivity index (χ4n) is 3.11. The number of aryl methyl sites for hydroxylation is 1. The first-order chi connectivity index (χ1) is 14.9. The highest BCUT2D eigenvalue weighted by Crippen LogP contribution is 2.30. The third-order valence-corrected chi connectivity index (χ3v) is 4.62. The SMILES string of the molecule is CCOc1cc(/C=C/C(=O)N2CCN(C(=O)c3cc(C)no3)CC2)ccc1OC(F)F. The van der Waals surface area contributed by atoms with Crippen LogP contribution in [0.25, 0.3) is 6.08 Å². The van der Waals surface area contributed by atoms with Crippen molar-refractivity contribution in [1.29, 1.82) is 0 Å². The number of carbonyl (C=O) groups is 2. The molecule has 1 aliphatic heterocycles. The topological polar surface area (TPSA) is 85.1 Å². The number of rotatable bonds is 7. The second-order valence-corrected chi connectivity index (χ2v) is 6.80. The molecule has 3 rings (SSSR count). The second-order valence-electron chi connectivity index (χ2n) is 6.80. The maximum absolute atomic E-state index is 12.5. The lowest BCUT2D eigenvalue weighted by molar-refractivity contribution is -0.127. The van der Waals surface area contributed by atoms with E-state index in [-0.39, 0.29) is 35.7 Å². The molecule has 2 amide bonds. The van der Waals surface area contributed by atoms with Gasteiger partial charge in [-0.25, -0.2) is 0 Å². The molecule has 8 nitrogen and oxygen atoms in total. The van der Waals surface area contributed by atoms with Crippen LogP contribution in [0.3, 0.4) is 0 Å². The largest absolute Gasteiger partial charge is 0.490 e. The van der Waals surface area contributed by atoms with Crippen molar-refractivity contribution in [3.05, 3.63) is 47.4 Å². The Morgan fingerprint density at radius 3 is 2.48 bits per heavy atom. The van der Waals surface area contributed by atoms with E-state index in [0.29, 0.717) is 37.4 Å². The Kier molecular flexibility index (Phi) is 7.22. The highest BCUT2D eigenvalue weighted by molar-refractivity contribution is 5.93. The van der Waals surface area contributed by atoms with Gasteiger partial charge in [0, 0.05) is 38.3 Å². The Labute approximate surface area is 178 Å². The minimum atomic E-state index is -2.96. The van der Waals surface area contributed by atoms with E-state index in [1.54, 1.807) is 41.9 Å². The number of carbonyl (C=O) groups excluding carboxylic acids is 2. The quantitative estimate of drug-likeness (QED) is 0.622. The van der Waals surface area contributed by atoms with E-state index in [9.17, 15) is 18.4 Å². The molecule has 0 spiro atoms. The Hall–Kier alpha value is -3.43. The third-order valence-electron chi connectivity index (χ3n) is 4.62.